The van der Waals surface area contributed by atoms with Crippen molar-refractivity contribution in [1.29, 1.82) is 0 Å². The van der Waals surface area contributed by atoms with Crippen molar-refractivity contribution < 1.29 is 14.3 Å². The van der Waals surface area contributed by atoms with E-state index in [4.69, 9.17) is 10.8 Å². The fourth-order valence-electron chi connectivity index (χ4n) is 1.24. The molecule has 0 saturated carbocycles. The standard InChI is InChI=1S/C10H13FN2O2/c11-9-4-2-1-3-7(9)5-8(12)6-13-10(14)15/h1-4,8,13H,5-6,12H2,(H,14,15). The molecular formula is C10H13FN2O2. The fraction of sp³-hybridized carbons (Fsp3) is 0.300. The van der Waals surface area contributed by atoms with Gasteiger partial charge in [-0.2, -0.15) is 0 Å². The highest BCUT2D eigenvalue weighted by molar-refractivity contribution is 5.64. The van der Waals surface area contributed by atoms with Crippen LogP contribution in [0.1, 0.15) is 5.56 Å². The number of nitrogens with two attached hydrogens (primary N) is 1. The zero-order valence-corrected chi connectivity index (χ0v) is 8.11. The van der Waals surface area contributed by atoms with Crippen LogP contribution < -0.4 is 11.1 Å². The van der Waals surface area contributed by atoms with Gasteiger partial charge >= 0.3 is 6.09 Å². The van der Waals surface area contributed by atoms with E-state index < -0.39 is 12.1 Å². The molecule has 1 aromatic carbocycles. The van der Waals surface area contributed by atoms with E-state index in [1.54, 1.807) is 18.2 Å². The Hall–Kier alpha value is -1.62. The van der Waals surface area contributed by atoms with Crippen LogP contribution in [0.2, 0.25) is 0 Å². The molecule has 1 amide bonds. The summed E-state index contributed by atoms with van der Waals surface area (Å²) in [6, 6.07) is 5.89. The van der Waals surface area contributed by atoms with Crippen LogP contribution in [0.15, 0.2) is 24.3 Å². The zero-order chi connectivity index (χ0) is 11.3. The first-order chi connectivity index (χ1) is 7.09. The molecule has 0 bridgehead atoms. The van der Waals surface area contributed by atoms with E-state index in [9.17, 15) is 9.18 Å². The third-order valence-corrected chi connectivity index (χ3v) is 1.96. The van der Waals surface area contributed by atoms with Crippen LogP contribution in [0, 0.1) is 5.82 Å². The third kappa shape index (κ3) is 3.95. The van der Waals surface area contributed by atoms with Gasteiger partial charge in [0.15, 0.2) is 0 Å². The summed E-state index contributed by atoms with van der Waals surface area (Å²) in [4.78, 5) is 10.2. The second kappa shape index (κ2) is 5.31. The van der Waals surface area contributed by atoms with Gasteiger partial charge in [-0.05, 0) is 18.1 Å². The van der Waals surface area contributed by atoms with Gasteiger partial charge in [-0.25, -0.2) is 9.18 Å². The lowest BCUT2D eigenvalue weighted by Crippen LogP contribution is -2.38. The van der Waals surface area contributed by atoms with Crippen LogP contribution in [0.4, 0.5) is 9.18 Å². The van der Waals surface area contributed by atoms with Crippen molar-refractivity contribution in [3.63, 3.8) is 0 Å². The highest BCUT2D eigenvalue weighted by Gasteiger charge is 2.08. The van der Waals surface area contributed by atoms with Crippen LogP contribution in [-0.4, -0.2) is 23.8 Å². The number of hydrogen-bond acceptors (Lipinski definition) is 2. The molecular weight excluding hydrogens is 199 g/mol. The number of amides is 1. The lowest BCUT2D eigenvalue weighted by Gasteiger charge is -2.11. The smallest absolute Gasteiger partial charge is 0.404 e. The number of hydrogen-bond donors (Lipinski definition) is 3. The summed E-state index contributed by atoms with van der Waals surface area (Å²) in [5.41, 5.74) is 6.13. The van der Waals surface area contributed by atoms with Crippen LogP contribution in [0.5, 0.6) is 0 Å². The highest BCUT2D eigenvalue weighted by atomic mass is 19.1. The molecule has 0 fully saturated rings. The maximum absolute atomic E-state index is 13.2. The van der Waals surface area contributed by atoms with Gasteiger partial charge in [-0.3, -0.25) is 0 Å². The summed E-state index contributed by atoms with van der Waals surface area (Å²) in [7, 11) is 0. The number of carbonyl (C=O) groups is 1. The summed E-state index contributed by atoms with van der Waals surface area (Å²) in [5.74, 6) is -0.316. The maximum Gasteiger partial charge on any atom is 0.404 e. The molecule has 0 aromatic heterocycles. The van der Waals surface area contributed by atoms with Crippen LogP contribution in [-0.2, 0) is 6.42 Å². The number of halogens is 1. The Morgan fingerprint density at radius 2 is 2.20 bits per heavy atom. The molecule has 5 heteroatoms. The predicted molar refractivity (Wildman–Crippen MR) is 54.1 cm³/mol. The Morgan fingerprint density at radius 3 is 2.80 bits per heavy atom. The molecule has 0 aliphatic carbocycles. The molecule has 4 N–H and O–H groups in total. The van der Waals surface area contributed by atoms with Crippen molar-refractivity contribution in [2.45, 2.75) is 12.5 Å². The first-order valence-corrected chi connectivity index (χ1v) is 4.55. The third-order valence-electron chi connectivity index (χ3n) is 1.96. The lowest BCUT2D eigenvalue weighted by atomic mass is 10.1. The van der Waals surface area contributed by atoms with Crippen molar-refractivity contribution in [2.75, 3.05) is 6.54 Å². The molecule has 0 saturated heterocycles. The average molecular weight is 212 g/mol. The van der Waals surface area contributed by atoms with Gasteiger partial charge in [0.2, 0.25) is 0 Å². The summed E-state index contributed by atoms with van der Waals surface area (Å²) < 4.78 is 13.2. The van der Waals surface area contributed by atoms with Gasteiger partial charge in [-0.15, -0.1) is 0 Å². The molecule has 15 heavy (non-hydrogen) atoms. The SMILES string of the molecule is NC(CNC(=O)O)Cc1ccccc1F. The summed E-state index contributed by atoms with van der Waals surface area (Å²) in [5, 5.41) is 10.5. The van der Waals surface area contributed by atoms with E-state index in [2.05, 4.69) is 5.32 Å². The van der Waals surface area contributed by atoms with E-state index in [0.717, 1.165) is 0 Å². The second-order valence-electron chi connectivity index (χ2n) is 3.24. The van der Waals surface area contributed by atoms with Crippen LogP contribution in [0.3, 0.4) is 0 Å². The Morgan fingerprint density at radius 1 is 1.53 bits per heavy atom. The highest BCUT2D eigenvalue weighted by Crippen LogP contribution is 2.07. The molecule has 0 aliphatic rings. The lowest BCUT2D eigenvalue weighted by molar-refractivity contribution is 0.193. The van der Waals surface area contributed by atoms with Gasteiger partial charge in [0.05, 0.1) is 0 Å². The monoisotopic (exact) mass is 212 g/mol. The van der Waals surface area contributed by atoms with Gasteiger partial charge < -0.3 is 16.2 Å². The molecule has 4 nitrogen and oxygen atoms in total. The Bertz CT molecular complexity index is 344. The van der Waals surface area contributed by atoms with E-state index in [0.29, 0.717) is 12.0 Å². The number of benzene rings is 1. The number of rotatable bonds is 4. The zero-order valence-electron chi connectivity index (χ0n) is 8.11. The van der Waals surface area contributed by atoms with E-state index in [1.807, 2.05) is 0 Å². The first kappa shape index (κ1) is 11.5. The number of carboxylic acid groups (broad SMARTS) is 1. The van der Waals surface area contributed by atoms with Crippen molar-refractivity contribution in [1.82, 2.24) is 5.32 Å². The minimum Gasteiger partial charge on any atom is -0.465 e. The Kier molecular flexibility index (Phi) is 4.05. The first-order valence-electron chi connectivity index (χ1n) is 4.55. The summed E-state index contributed by atoms with van der Waals surface area (Å²) in [6.45, 7) is 0.115. The molecule has 1 unspecified atom stereocenters. The molecule has 1 atom stereocenters. The number of nitrogens with one attached hydrogen (secondary N) is 1. The van der Waals surface area contributed by atoms with Crippen molar-refractivity contribution >= 4 is 6.09 Å². The summed E-state index contributed by atoms with van der Waals surface area (Å²) >= 11 is 0. The molecule has 0 heterocycles. The van der Waals surface area contributed by atoms with Crippen molar-refractivity contribution in [3.8, 4) is 0 Å². The van der Waals surface area contributed by atoms with Gasteiger partial charge in [0.1, 0.15) is 5.82 Å². The normalized spacial score (nSPS) is 12.1. The minimum atomic E-state index is -1.13. The van der Waals surface area contributed by atoms with Crippen LogP contribution >= 0.6 is 0 Å². The van der Waals surface area contributed by atoms with Gasteiger partial charge in [0.25, 0.3) is 0 Å². The molecule has 0 aliphatic heterocycles. The van der Waals surface area contributed by atoms with E-state index in [1.165, 1.54) is 6.07 Å². The Balaban J connectivity index is 2.47. The quantitative estimate of drug-likeness (QED) is 0.696. The fourth-order valence-corrected chi connectivity index (χ4v) is 1.24. The maximum atomic E-state index is 13.2. The summed E-state index contributed by atoms with van der Waals surface area (Å²) in [6.07, 6.45) is -0.813. The molecule has 82 valence electrons. The van der Waals surface area contributed by atoms with Crippen LogP contribution in [0.25, 0.3) is 0 Å². The van der Waals surface area contributed by atoms with Gasteiger partial charge in [-0.1, -0.05) is 18.2 Å². The largest absolute Gasteiger partial charge is 0.465 e. The predicted octanol–water partition coefficient (Wildman–Crippen LogP) is 0.963. The van der Waals surface area contributed by atoms with E-state index in [-0.39, 0.29) is 12.4 Å². The van der Waals surface area contributed by atoms with Gasteiger partial charge in [0, 0.05) is 12.6 Å². The molecule has 0 radical (unpaired) electrons. The van der Waals surface area contributed by atoms with E-state index >= 15 is 0 Å². The average Bonchev–Trinajstić information content (AvgIpc) is 2.18. The topological polar surface area (TPSA) is 75.3 Å². The molecule has 1 rings (SSSR count). The second-order valence-corrected chi connectivity index (χ2v) is 3.24. The molecule has 1 aromatic rings. The Labute approximate surface area is 86.9 Å². The van der Waals surface area contributed by atoms with Crippen molar-refractivity contribution in [3.05, 3.63) is 35.6 Å². The minimum absolute atomic E-state index is 0.115. The molecule has 0 spiro atoms. The van der Waals surface area contributed by atoms with Crippen molar-refractivity contribution in [2.24, 2.45) is 5.73 Å².